The number of aromatic nitrogens is 1. The third kappa shape index (κ3) is 17.5. The molecule has 0 bridgehead atoms. The van der Waals surface area contributed by atoms with Crippen LogP contribution in [0.2, 0.25) is 0 Å². The van der Waals surface area contributed by atoms with E-state index >= 15 is 0 Å². The second kappa shape index (κ2) is 27.6. The fourth-order valence-electron chi connectivity index (χ4n) is 7.73. The Labute approximate surface area is 402 Å². The maximum Gasteiger partial charge on any atom is 0.251 e. The van der Waals surface area contributed by atoms with Crippen LogP contribution in [0.15, 0.2) is 79.0 Å². The number of ether oxygens (including phenoxy) is 2. The zero-order chi connectivity index (χ0) is 49.8. The minimum absolute atomic E-state index is 0.0991. The molecule has 3 aromatic carbocycles. The molecule has 7 N–H and O–H groups in total. The van der Waals surface area contributed by atoms with Gasteiger partial charge >= 0.3 is 0 Å². The number of hydrogen-bond acceptors (Lipinski definition) is 10. The predicted octanol–water partition coefficient (Wildman–Crippen LogP) is 7.92. The normalized spacial score (nSPS) is 13.9. The molecular weight excluding hydrogens is 863 g/mol. The van der Waals surface area contributed by atoms with Crippen molar-refractivity contribution in [3.05, 3.63) is 90.1 Å². The van der Waals surface area contributed by atoms with Crippen molar-refractivity contribution < 1.29 is 38.6 Å². The number of anilines is 1. The number of nitrogens with zero attached hydrogens (tertiary/aromatic N) is 1. The molecule has 1 heterocycles. The number of methoxy groups -OCH3 is 1. The number of nitrogens with one attached hydrogen (secondary N) is 6. The molecule has 1 unspecified atom stereocenters. The van der Waals surface area contributed by atoms with Crippen LogP contribution < -0.4 is 41.4 Å². The van der Waals surface area contributed by atoms with Gasteiger partial charge in [0.2, 0.25) is 17.7 Å². The highest BCUT2D eigenvalue weighted by Gasteiger charge is 2.31. The van der Waals surface area contributed by atoms with Crippen LogP contribution in [0.5, 0.6) is 17.2 Å². The molecule has 0 aliphatic heterocycles. The number of hydrogen-bond donors (Lipinski definition) is 7. The Morgan fingerprint density at radius 3 is 1.91 bits per heavy atom. The van der Waals surface area contributed by atoms with Crippen LogP contribution >= 0.6 is 0 Å². The Kier molecular flexibility index (Phi) is 22.0. The van der Waals surface area contributed by atoms with Gasteiger partial charge in [-0.05, 0) is 117 Å². The Morgan fingerprint density at radius 1 is 0.706 bits per heavy atom. The fraction of sp³-hybridized carbons (Fsp3) is 0.509. The Bertz CT molecular complexity index is 2230. The maximum absolute atomic E-state index is 13.7. The number of fused-ring (bicyclic) bond motifs is 1. The second-order valence-corrected chi connectivity index (χ2v) is 18.6. The third-order valence-corrected chi connectivity index (χ3v) is 11.8. The molecular formula is C53H75N7O8. The van der Waals surface area contributed by atoms with Crippen molar-refractivity contribution in [3.8, 4) is 17.2 Å². The summed E-state index contributed by atoms with van der Waals surface area (Å²) in [6, 6.07) is 18.6. The first kappa shape index (κ1) is 54.4. The van der Waals surface area contributed by atoms with Gasteiger partial charge in [0.05, 0.1) is 36.9 Å². The standard InChI is InChI=1S/C53H75N7O8/c1-10-12-25-54-47(62)32-46(61)43(28-33(3)4)58-53(66)48(35(7)11-2)60-51(64)38-19-23-41(24-20-38)68-40-21-17-37(18-22-40)50(63)59-45(29-34(5)6)52(65)56-27-13-15-36(8)57-44-31-42(67-9)30-39-16-14-26-55-49(39)44/h14,16-24,26,30-31,33-36,43,45-46,48,57,61H,10-13,15,25,27-29,32H2,1-9H3,(H,54,62)(H,56,65)(H,58,66)(H,59,63)(H,60,64)/t35-,36?,43-,45-,46-,48-/m0/s1. The number of benzene rings is 3. The van der Waals surface area contributed by atoms with E-state index in [1.165, 1.54) is 0 Å². The molecule has 0 saturated carbocycles. The Hall–Kier alpha value is -6.22. The van der Waals surface area contributed by atoms with Gasteiger partial charge in [-0.1, -0.05) is 67.4 Å². The van der Waals surface area contributed by atoms with Crippen LogP contribution in [0.25, 0.3) is 10.9 Å². The van der Waals surface area contributed by atoms with Gasteiger partial charge in [-0.15, -0.1) is 0 Å². The summed E-state index contributed by atoms with van der Waals surface area (Å²) in [5, 5.41) is 30.1. The summed E-state index contributed by atoms with van der Waals surface area (Å²) in [6.07, 6.45) is 5.35. The average Bonchev–Trinajstić information content (AvgIpc) is 3.31. The highest BCUT2D eigenvalue weighted by Crippen LogP contribution is 2.29. The van der Waals surface area contributed by atoms with Gasteiger partial charge in [0.15, 0.2) is 0 Å². The van der Waals surface area contributed by atoms with Crippen molar-refractivity contribution in [1.82, 2.24) is 31.6 Å². The lowest BCUT2D eigenvalue weighted by molar-refractivity contribution is -0.128. The minimum Gasteiger partial charge on any atom is -0.497 e. The number of unbranched alkanes of at least 4 members (excludes halogenated alkanes) is 1. The molecule has 0 radical (unpaired) electrons. The summed E-state index contributed by atoms with van der Waals surface area (Å²) in [5.41, 5.74) is 2.43. The van der Waals surface area contributed by atoms with Gasteiger partial charge in [0.1, 0.15) is 29.3 Å². The third-order valence-electron chi connectivity index (χ3n) is 11.8. The number of rotatable bonds is 28. The number of carbonyl (C=O) groups excluding carboxylic acids is 5. The van der Waals surface area contributed by atoms with Crippen molar-refractivity contribution in [2.45, 2.75) is 137 Å². The lowest BCUT2D eigenvalue weighted by atomic mass is 9.94. The zero-order valence-corrected chi connectivity index (χ0v) is 41.4. The van der Waals surface area contributed by atoms with Crippen molar-refractivity contribution in [3.63, 3.8) is 0 Å². The fourth-order valence-corrected chi connectivity index (χ4v) is 7.73. The first-order valence-corrected chi connectivity index (χ1v) is 24.2. The van der Waals surface area contributed by atoms with Crippen LogP contribution in [0, 0.1) is 17.8 Å². The Morgan fingerprint density at radius 2 is 1.32 bits per heavy atom. The van der Waals surface area contributed by atoms with E-state index in [1.54, 1.807) is 61.8 Å². The zero-order valence-electron chi connectivity index (χ0n) is 41.4. The SMILES string of the molecule is CCCCNC(=O)C[C@H](O)[C@H](CC(C)C)NC(=O)[C@@H](NC(=O)c1ccc(Oc2ccc(C(=O)N[C@@H](CC(C)C)C(=O)NCCCC(C)Nc3cc(OC)cc4cccnc34)cc2)cc1)[C@@H](C)CC. The summed E-state index contributed by atoms with van der Waals surface area (Å²) in [6.45, 7) is 16.9. The molecule has 68 heavy (non-hydrogen) atoms. The van der Waals surface area contributed by atoms with Gasteiger partial charge in [0.25, 0.3) is 11.8 Å². The molecule has 0 spiro atoms. The minimum atomic E-state index is -1.09. The molecule has 4 aromatic rings. The van der Waals surface area contributed by atoms with Gasteiger partial charge in [-0.25, -0.2) is 0 Å². The first-order chi connectivity index (χ1) is 32.5. The molecule has 0 aliphatic rings. The van der Waals surface area contributed by atoms with Crippen molar-refractivity contribution >= 4 is 46.1 Å². The van der Waals surface area contributed by atoms with Crippen molar-refractivity contribution in [1.29, 1.82) is 0 Å². The summed E-state index contributed by atoms with van der Waals surface area (Å²) in [7, 11) is 1.64. The molecule has 4 rings (SSSR count). The number of pyridine rings is 1. The van der Waals surface area contributed by atoms with E-state index in [-0.39, 0.29) is 47.9 Å². The van der Waals surface area contributed by atoms with E-state index in [9.17, 15) is 29.1 Å². The van der Waals surface area contributed by atoms with E-state index in [2.05, 4.69) is 43.8 Å². The molecule has 15 heteroatoms. The molecule has 0 aliphatic carbocycles. The largest absolute Gasteiger partial charge is 0.497 e. The van der Waals surface area contributed by atoms with Gasteiger partial charge in [-0.3, -0.25) is 29.0 Å². The van der Waals surface area contributed by atoms with Crippen LogP contribution in [0.1, 0.15) is 127 Å². The summed E-state index contributed by atoms with van der Waals surface area (Å²) < 4.78 is 11.5. The van der Waals surface area contributed by atoms with Gasteiger partial charge in [0, 0.05) is 47.9 Å². The second-order valence-electron chi connectivity index (χ2n) is 18.6. The summed E-state index contributed by atoms with van der Waals surface area (Å²) in [5.74, 6) is -0.0632. The molecule has 5 amide bonds. The Balaban J connectivity index is 1.29. The highest BCUT2D eigenvalue weighted by molar-refractivity contribution is 5.98. The molecule has 0 saturated heterocycles. The molecule has 0 fully saturated rings. The van der Waals surface area contributed by atoms with Crippen LogP contribution in [0.3, 0.4) is 0 Å². The summed E-state index contributed by atoms with van der Waals surface area (Å²) >= 11 is 0. The van der Waals surface area contributed by atoms with Crippen LogP contribution in [0.4, 0.5) is 5.69 Å². The first-order valence-electron chi connectivity index (χ1n) is 24.2. The molecule has 370 valence electrons. The summed E-state index contributed by atoms with van der Waals surface area (Å²) in [4.78, 5) is 70.9. The maximum atomic E-state index is 13.7. The highest BCUT2D eigenvalue weighted by atomic mass is 16.5. The number of aliphatic hydroxyl groups is 1. The number of carbonyl (C=O) groups is 5. The average molecular weight is 938 g/mol. The molecule has 6 atom stereocenters. The van der Waals surface area contributed by atoms with Crippen LogP contribution in [-0.4, -0.2) is 90.1 Å². The number of amides is 5. The molecule has 1 aromatic heterocycles. The van der Waals surface area contributed by atoms with E-state index in [4.69, 9.17) is 9.47 Å². The quantitative estimate of drug-likeness (QED) is 0.0274. The van der Waals surface area contributed by atoms with Gasteiger partial charge in [-0.2, -0.15) is 0 Å². The van der Waals surface area contributed by atoms with E-state index < -0.39 is 36.0 Å². The van der Waals surface area contributed by atoms with E-state index in [0.717, 1.165) is 48.0 Å². The van der Waals surface area contributed by atoms with E-state index in [1.807, 2.05) is 72.7 Å². The predicted molar refractivity (Wildman–Crippen MR) is 268 cm³/mol. The lowest BCUT2D eigenvalue weighted by Crippen LogP contribution is -2.55. The monoisotopic (exact) mass is 938 g/mol. The van der Waals surface area contributed by atoms with Crippen molar-refractivity contribution in [2.24, 2.45) is 17.8 Å². The topological polar surface area (TPSA) is 209 Å². The number of aliphatic hydroxyl groups excluding tert-OH is 1. The smallest absolute Gasteiger partial charge is 0.251 e. The molecule has 15 nitrogen and oxygen atoms in total. The van der Waals surface area contributed by atoms with Crippen LogP contribution in [-0.2, 0) is 14.4 Å². The van der Waals surface area contributed by atoms with Gasteiger partial charge < -0.3 is 46.5 Å². The van der Waals surface area contributed by atoms with Crippen molar-refractivity contribution in [2.75, 3.05) is 25.5 Å². The van der Waals surface area contributed by atoms with E-state index in [0.29, 0.717) is 55.0 Å². The lowest BCUT2D eigenvalue weighted by Gasteiger charge is -2.30.